The lowest BCUT2D eigenvalue weighted by molar-refractivity contribution is 0.0603. The Morgan fingerprint density at radius 1 is 1.33 bits per heavy atom. The molecule has 0 spiro atoms. The van der Waals surface area contributed by atoms with E-state index in [0.29, 0.717) is 36.2 Å². The summed E-state index contributed by atoms with van der Waals surface area (Å²) < 4.78 is 9.94. The minimum atomic E-state index is -0.571. The molecule has 0 fully saturated rings. The number of methoxy groups -OCH3 is 1. The molecule has 0 bridgehead atoms. The van der Waals surface area contributed by atoms with Crippen molar-refractivity contribution in [1.82, 2.24) is 5.32 Å². The largest absolute Gasteiger partial charge is 0.465 e. The number of thiophene rings is 1. The molecular weight excluding hydrogens is 294 g/mol. The third-order valence-electron chi connectivity index (χ3n) is 2.61. The highest BCUT2D eigenvalue weighted by atomic mass is 32.1. The molecule has 1 rings (SSSR count). The lowest BCUT2D eigenvalue weighted by Gasteiger charge is -2.06. The van der Waals surface area contributed by atoms with Crippen LogP contribution in [0.5, 0.6) is 0 Å². The highest BCUT2D eigenvalue weighted by molar-refractivity contribution is 7.19. The van der Waals surface area contributed by atoms with E-state index in [9.17, 15) is 9.59 Å². The summed E-state index contributed by atoms with van der Waals surface area (Å²) in [6.45, 7) is 5.80. The summed E-state index contributed by atoms with van der Waals surface area (Å²) in [5.41, 5.74) is 6.25. The summed E-state index contributed by atoms with van der Waals surface area (Å²) in [7, 11) is 1.27. The summed E-state index contributed by atoms with van der Waals surface area (Å²) in [6.07, 6.45) is 0. The van der Waals surface area contributed by atoms with Gasteiger partial charge in [0.25, 0.3) is 5.91 Å². The van der Waals surface area contributed by atoms with Crippen LogP contribution in [0, 0.1) is 0 Å². The van der Waals surface area contributed by atoms with E-state index in [1.807, 2.05) is 13.8 Å². The molecule has 0 radical (unpaired) electrons. The molecule has 0 atom stereocenters. The first kappa shape index (κ1) is 17.3. The Morgan fingerprint density at radius 3 is 2.62 bits per heavy atom. The van der Waals surface area contributed by atoms with Crippen molar-refractivity contribution in [3.63, 3.8) is 0 Å². The van der Waals surface area contributed by atoms with Crippen LogP contribution in [-0.2, 0) is 9.47 Å². The van der Waals surface area contributed by atoms with Crippen LogP contribution in [0.2, 0.25) is 0 Å². The maximum atomic E-state index is 11.9. The molecule has 0 saturated heterocycles. The van der Waals surface area contributed by atoms with Crippen molar-refractivity contribution in [2.45, 2.75) is 13.8 Å². The van der Waals surface area contributed by atoms with Gasteiger partial charge in [-0.2, -0.15) is 0 Å². The summed E-state index contributed by atoms with van der Waals surface area (Å²) in [4.78, 5) is 24.1. The van der Waals surface area contributed by atoms with Crippen LogP contribution < -0.4 is 16.4 Å². The zero-order valence-electron chi connectivity index (χ0n) is 12.4. The molecule has 0 aromatic carbocycles. The molecule has 21 heavy (non-hydrogen) atoms. The fourth-order valence-corrected chi connectivity index (χ4v) is 2.71. The van der Waals surface area contributed by atoms with Crippen LogP contribution in [0.25, 0.3) is 0 Å². The van der Waals surface area contributed by atoms with Crippen molar-refractivity contribution in [3.8, 4) is 0 Å². The minimum Gasteiger partial charge on any atom is -0.465 e. The predicted molar refractivity (Wildman–Crippen MR) is 83.1 cm³/mol. The predicted octanol–water partition coefficient (Wildman–Crippen LogP) is 1.31. The van der Waals surface area contributed by atoms with Gasteiger partial charge in [0.05, 0.1) is 19.4 Å². The number of rotatable bonds is 8. The molecule has 8 heteroatoms. The van der Waals surface area contributed by atoms with Gasteiger partial charge in [0, 0.05) is 19.7 Å². The van der Waals surface area contributed by atoms with Gasteiger partial charge in [-0.3, -0.25) is 4.79 Å². The van der Waals surface area contributed by atoms with Gasteiger partial charge in [-0.25, -0.2) is 4.79 Å². The van der Waals surface area contributed by atoms with Crippen LogP contribution in [0.4, 0.5) is 10.7 Å². The first-order chi connectivity index (χ1) is 10.1. The minimum absolute atomic E-state index is 0.136. The average Bonchev–Trinajstić information content (AvgIpc) is 2.80. The maximum absolute atomic E-state index is 11.9. The molecule has 0 saturated carbocycles. The normalized spacial score (nSPS) is 10.2. The van der Waals surface area contributed by atoms with Gasteiger partial charge in [-0.1, -0.05) is 0 Å². The molecule has 0 aliphatic heterocycles. The number of amides is 1. The van der Waals surface area contributed by atoms with E-state index < -0.39 is 5.97 Å². The molecule has 1 aromatic rings. The number of hydrogen-bond donors (Lipinski definition) is 3. The highest BCUT2D eigenvalue weighted by Crippen LogP contribution is 2.36. The fraction of sp³-hybridized carbons (Fsp3) is 0.538. The first-order valence-corrected chi connectivity index (χ1v) is 7.48. The van der Waals surface area contributed by atoms with Gasteiger partial charge >= 0.3 is 5.97 Å². The second-order valence-corrected chi connectivity index (χ2v) is 5.04. The summed E-state index contributed by atoms with van der Waals surface area (Å²) in [5.74, 6) is -0.874. The average molecular weight is 315 g/mol. The number of esters is 1. The van der Waals surface area contributed by atoms with E-state index >= 15 is 0 Å². The SMILES string of the molecule is CCNC(=O)c1sc(NCCOCC)c(C(=O)OC)c1N. The molecule has 7 nitrogen and oxygen atoms in total. The number of hydrogen-bond acceptors (Lipinski definition) is 7. The van der Waals surface area contributed by atoms with E-state index in [2.05, 4.69) is 10.6 Å². The van der Waals surface area contributed by atoms with E-state index in [1.165, 1.54) is 7.11 Å². The Balaban J connectivity index is 3.00. The van der Waals surface area contributed by atoms with Crippen molar-refractivity contribution in [3.05, 3.63) is 10.4 Å². The van der Waals surface area contributed by atoms with Gasteiger partial charge in [-0.15, -0.1) is 11.3 Å². The molecular formula is C13H21N3O4S. The molecule has 118 valence electrons. The maximum Gasteiger partial charge on any atom is 0.343 e. The van der Waals surface area contributed by atoms with E-state index in [0.717, 1.165) is 11.3 Å². The summed E-state index contributed by atoms with van der Waals surface area (Å²) in [6, 6.07) is 0. The molecule has 4 N–H and O–H groups in total. The summed E-state index contributed by atoms with van der Waals surface area (Å²) >= 11 is 1.13. The van der Waals surface area contributed by atoms with Gasteiger partial charge in [0.15, 0.2) is 0 Å². The Labute approximate surface area is 127 Å². The van der Waals surface area contributed by atoms with Gasteiger partial charge in [-0.05, 0) is 13.8 Å². The zero-order valence-corrected chi connectivity index (χ0v) is 13.3. The topological polar surface area (TPSA) is 103 Å². The fourth-order valence-electron chi connectivity index (χ4n) is 1.66. The Morgan fingerprint density at radius 2 is 2.05 bits per heavy atom. The first-order valence-electron chi connectivity index (χ1n) is 6.67. The monoisotopic (exact) mass is 315 g/mol. The number of anilines is 2. The Bertz CT molecular complexity index is 502. The zero-order chi connectivity index (χ0) is 15.8. The second-order valence-electron chi connectivity index (χ2n) is 4.02. The molecule has 0 unspecified atom stereocenters. The third-order valence-corrected chi connectivity index (χ3v) is 3.78. The molecule has 1 heterocycles. The Hall–Kier alpha value is -1.80. The molecule has 1 aromatic heterocycles. The van der Waals surface area contributed by atoms with E-state index in [4.69, 9.17) is 15.2 Å². The Kier molecular flexibility index (Phi) is 6.97. The van der Waals surface area contributed by atoms with E-state index in [1.54, 1.807) is 0 Å². The smallest absolute Gasteiger partial charge is 0.343 e. The van der Waals surface area contributed by atoms with Crippen molar-refractivity contribution >= 4 is 33.9 Å². The lowest BCUT2D eigenvalue weighted by atomic mass is 10.2. The van der Waals surface area contributed by atoms with E-state index in [-0.39, 0.29) is 17.2 Å². The van der Waals surface area contributed by atoms with Crippen molar-refractivity contribution in [2.24, 2.45) is 0 Å². The van der Waals surface area contributed by atoms with Gasteiger partial charge < -0.3 is 25.8 Å². The number of nitrogens with two attached hydrogens (primary N) is 1. The van der Waals surface area contributed by atoms with Crippen LogP contribution >= 0.6 is 11.3 Å². The van der Waals surface area contributed by atoms with Crippen LogP contribution in [0.1, 0.15) is 33.9 Å². The summed E-state index contributed by atoms with van der Waals surface area (Å²) in [5, 5.41) is 6.23. The molecule has 0 aliphatic carbocycles. The highest BCUT2D eigenvalue weighted by Gasteiger charge is 2.25. The number of nitrogen functional groups attached to an aromatic ring is 1. The third kappa shape index (κ3) is 4.33. The molecule has 1 amide bonds. The van der Waals surface area contributed by atoms with Gasteiger partial charge in [0.2, 0.25) is 0 Å². The van der Waals surface area contributed by atoms with Crippen molar-refractivity contribution in [2.75, 3.05) is 44.5 Å². The number of carbonyl (C=O) groups excluding carboxylic acids is 2. The lowest BCUT2D eigenvalue weighted by Crippen LogP contribution is -2.22. The standard InChI is InChI=1S/C13H21N3O4S/c1-4-15-11(17)10-9(14)8(13(18)19-3)12(21-10)16-6-7-20-5-2/h16H,4-7,14H2,1-3H3,(H,15,17). The van der Waals surface area contributed by atoms with Crippen LogP contribution in [0.3, 0.4) is 0 Å². The van der Waals surface area contributed by atoms with Crippen LogP contribution in [-0.4, -0.2) is 45.3 Å². The van der Waals surface area contributed by atoms with Crippen molar-refractivity contribution in [1.29, 1.82) is 0 Å². The second kappa shape index (κ2) is 8.48. The molecule has 0 aliphatic rings. The van der Waals surface area contributed by atoms with Crippen molar-refractivity contribution < 1.29 is 19.1 Å². The number of carbonyl (C=O) groups is 2. The van der Waals surface area contributed by atoms with Gasteiger partial charge in [0.1, 0.15) is 15.4 Å². The quantitative estimate of drug-likeness (QED) is 0.494. The number of ether oxygens (including phenoxy) is 2. The van der Waals surface area contributed by atoms with Crippen LogP contribution in [0.15, 0.2) is 0 Å². The number of nitrogens with one attached hydrogen (secondary N) is 2.